The van der Waals surface area contributed by atoms with Crippen LogP contribution in [0.5, 0.6) is 0 Å². The van der Waals surface area contributed by atoms with Gasteiger partial charge < -0.3 is 14.8 Å². The third-order valence-corrected chi connectivity index (χ3v) is 8.79. The molecule has 2 amide bonds. The standard InChI is InChI=1S/C31H30BrFN6O3/c1-15-6-19(20-11-34-18(4)35-12-20)7-21-22(17(3)40)13-38(28(15)21)14-27(41)39-24(9-31(5)10-25(31)39)30(42)37-29-16(2)23(33)8-26(32)36-29/h6-8,11-13,24-25H,9-10,14H2,1-5H3,(H,36,37,42)/t24-,25+,31-/m0/s1/i24D. The molecule has 3 aromatic heterocycles. The predicted molar refractivity (Wildman–Crippen MR) is 159 cm³/mol. The largest absolute Gasteiger partial charge is 0.337 e. The molecule has 9 nitrogen and oxygen atoms in total. The fourth-order valence-corrected chi connectivity index (χ4v) is 6.37. The first kappa shape index (κ1) is 26.9. The van der Waals surface area contributed by atoms with Gasteiger partial charge in [0.15, 0.2) is 5.78 Å². The fourth-order valence-electron chi connectivity index (χ4n) is 5.99. The molecule has 11 heteroatoms. The maximum absolute atomic E-state index is 14.3. The van der Waals surface area contributed by atoms with Gasteiger partial charge in [-0.25, -0.2) is 19.3 Å². The summed E-state index contributed by atoms with van der Waals surface area (Å²) in [5.74, 6) is -1.22. The minimum Gasteiger partial charge on any atom is -0.337 e. The third-order valence-electron chi connectivity index (χ3n) is 8.38. The van der Waals surface area contributed by atoms with E-state index in [1.165, 1.54) is 24.8 Å². The number of aromatic nitrogens is 4. The van der Waals surface area contributed by atoms with E-state index in [1.807, 2.05) is 26.0 Å². The number of pyridine rings is 1. The number of hydrogen-bond acceptors (Lipinski definition) is 6. The second-order valence-electron chi connectivity index (χ2n) is 11.6. The SMILES string of the molecule is [2H][C@@]1(C(=O)Nc2nc(Br)cc(F)c2C)C[C@@]2(C)C[C@H]2N1C(=O)Cn1cc(C(C)=O)c2cc(-c3cnc(C)nc3)cc(C)c21. The predicted octanol–water partition coefficient (Wildman–Crippen LogP) is 5.54. The summed E-state index contributed by atoms with van der Waals surface area (Å²) in [6.45, 7) is 8.48. The Kier molecular flexibility index (Phi) is 6.45. The number of hydrogen-bond donors (Lipinski definition) is 1. The van der Waals surface area contributed by atoms with Crippen molar-refractivity contribution >= 4 is 50.2 Å². The molecule has 0 radical (unpaired) electrons. The Bertz CT molecular complexity index is 1860. The Balaban J connectivity index is 1.35. The molecule has 1 saturated carbocycles. The maximum Gasteiger partial charge on any atom is 0.248 e. The average molecular weight is 635 g/mol. The molecule has 0 spiro atoms. The van der Waals surface area contributed by atoms with Gasteiger partial charge in [0.1, 0.15) is 34.6 Å². The highest BCUT2D eigenvalue weighted by Gasteiger charge is 2.64. The Morgan fingerprint density at radius 1 is 1.14 bits per heavy atom. The molecule has 4 aromatic rings. The highest BCUT2D eigenvalue weighted by molar-refractivity contribution is 9.10. The van der Waals surface area contributed by atoms with Crippen LogP contribution in [0.4, 0.5) is 10.2 Å². The zero-order chi connectivity index (χ0) is 31.0. The Morgan fingerprint density at radius 3 is 2.55 bits per heavy atom. The second-order valence-corrected chi connectivity index (χ2v) is 12.4. The summed E-state index contributed by atoms with van der Waals surface area (Å²) in [5.41, 5.74) is 3.45. The summed E-state index contributed by atoms with van der Waals surface area (Å²) in [6, 6.07) is 2.86. The molecule has 2 aliphatic rings. The summed E-state index contributed by atoms with van der Waals surface area (Å²) < 4.78 is 25.5. The minimum absolute atomic E-state index is 0.00506. The first-order valence-electron chi connectivity index (χ1n) is 14.1. The summed E-state index contributed by atoms with van der Waals surface area (Å²) >= 11 is 3.14. The van der Waals surface area contributed by atoms with Crippen LogP contribution in [-0.2, 0) is 16.1 Å². The zero-order valence-electron chi connectivity index (χ0n) is 24.9. The highest BCUT2D eigenvalue weighted by Crippen LogP contribution is 2.59. The third kappa shape index (κ3) is 4.79. The van der Waals surface area contributed by atoms with E-state index >= 15 is 0 Å². The van der Waals surface area contributed by atoms with Gasteiger partial charge in [-0.15, -0.1) is 0 Å². The van der Waals surface area contributed by atoms with E-state index in [0.717, 1.165) is 22.2 Å². The maximum atomic E-state index is 14.3. The molecular formula is C31H30BrFN6O3. The smallest absolute Gasteiger partial charge is 0.248 e. The van der Waals surface area contributed by atoms with Crippen molar-refractivity contribution in [2.75, 3.05) is 5.32 Å². The summed E-state index contributed by atoms with van der Waals surface area (Å²) in [6.07, 6.45) is 5.95. The second kappa shape index (κ2) is 10.1. The number of Topliss-reactive ketones (excluding diaryl/α,β-unsaturated/α-hetero) is 1. The number of benzene rings is 1. The van der Waals surface area contributed by atoms with Crippen molar-refractivity contribution in [2.24, 2.45) is 5.41 Å². The van der Waals surface area contributed by atoms with Gasteiger partial charge in [0.05, 0.1) is 6.89 Å². The molecule has 1 aliphatic heterocycles. The van der Waals surface area contributed by atoms with Crippen molar-refractivity contribution in [1.82, 2.24) is 24.4 Å². The molecule has 1 saturated heterocycles. The molecule has 216 valence electrons. The van der Waals surface area contributed by atoms with E-state index in [0.29, 0.717) is 23.2 Å². The van der Waals surface area contributed by atoms with Crippen molar-refractivity contribution in [2.45, 2.75) is 66.1 Å². The van der Waals surface area contributed by atoms with Crippen LogP contribution in [0.25, 0.3) is 22.0 Å². The summed E-state index contributed by atoms with van der Waals surface area (Å²) in [7, 11) is 0. The Labute approximate surface area is 252 Å². The number of amides is 2. The minimum atomic E-state index is -1.91. The Hall–Kier alpha value is -3.99. The van der Waals surface area contributed by atoms with Crippen molar-refractivity contribution in [3.05, 3.63) is 69.7 Å². The van der Waals surface area contributed by atoms with E-state index in [-0.39, 0.29) is 46.2 Å². The number of fused-ring (bicyclic) bond motifs is 2. The van der Waals surface area contributed by atoms with Gasteiger partial charge in [0.2, 0.25) is 11.8 Å². The molecule has 6 rings (SSSR count). The normalized spacial score (nSPS) is 23.1. The van der Waals surface area contributed by atoms with Gasteiger partial charge in [-0.2, -0.15) is 0 Å². The number of ketones is 1. The van der Waals surface area contributed by atoms with E-state index in [1.54, 1.807) is 30.1 Å². The van der Waals surface area contributed by atoms with Gasteiger partial charge in [-0.1, -0.05) is 6.92 Å². The van der Waals surface area contributed by atoms with Gasteiger partial charge in [0.25, 0.3) is 0 Å². The number of halogens is 2. The lowest BCUT2D eigenvalue weighted by Crippen LogP contribution is -2.46. The topological polar surface area (TPSA) is 110 Å². The number of aryl methyl sites for hydroxylation is 2. The number of nitrogens with one attached hydrogen (secondary N) is 1. The van der Waals surface area contributed by atoms with Crippen molar-refractivity contribution in [3.8, 4) is 11.1 Å². The van der Waals surface area contributed by atoms with Gasteiger partial charge in [-0.3, -0.25) is 14.4 Å². The number of piperidine rings is 1. The monoisotopic (exact) mass is 633 g/mol. The van der Waals surface area contributed by atoms with Crippen LogP contribution in [0, 0.1) is 32.0 Å². The van der Waals surface area contributed by atoms with E-state index < -0.39 is 23.6 Å². The molecule has 4 heterocycles. The molecule has 1 aliphatic carbocycles. The fraction of sp³-hybridized carbons (Fsp3) is 0.355. The van der Waals surface area contributed by atoms with Crippen LogP contribution < -0.4 is 5.32 Å². The van der Waals surface area contributed by atoms with Gasteiger partial charge in [-0.05, 0) is 85.1 Å². The first-order chi connectivity index (χ1) is 20.2. The van der Waals surface area contributed by atoms with Crippen LogP contribution in [-0.4, -0.2) is 54.1 Å². The van der Waals surface area contributed by atoms with E-state index in [4.69, 9.17) is 0 Å². The first-order valence-corrected chi connectivity index (χ1v) is 14.4. The zero-order valence-corrected chi connectivity index (χ0v) is 25.5. The van der Waals surface area contributed by atoms with Crippen molar-refractivity contribution in [1.29, 1.82) is 0 Å². The summed E-state index contributed by atoms with van der Waals surface area (Å²) in [4.78, 5) is 54.4. The number of carbonyl (C=O) groups is 3. The Morgan fingerprint density at radius 2 is 1.86 bits per heavy atom. The van der Waals surface area contributed by atoms with E-state index in [2.05, 4.69) is 36.2 Å². The number of rotatable bonds is 6. The molecule has 3 atom stereocenters. The molecule has 1 aromatic carbocycles. The molecule has 42 heavy (non-hydrogen) atoms. The van der Waals surface area contributed by atoms with Gasteiger partial charge >= 0.3 is 0 Å². The van der Waals surface area contributed by atoms with Crippen molar-refractivity contribution < 1.29 is 20.1 Å². The average Bonchev–Trinajstić information content (AvgIpc) is 3.30. The number of nitrogens with zero attached hydrogens (tertiary/aromatic N) is 5. The van der Waals surface area contributed by atoms with E-state index in [9.17, 15) is 20.1 Å². The summed E-state index contributed by atoms with van der Waals surface area (Å²) in [5, 5.41) is 3.30. The lowest BCUT2D eigenvalue weighted by Gasteiger charge is -2.27. The lowest BCUT2D eigenvalue weighted by atomic mass is 10.0. The quantitative estimate of drug-likeness (QED) is 0.220. The van der Waals surface area contributed by atoms with Gasteiger partial charge in [0, 0.05) is 52.8 Å². The van der Waals surface area contributed by atoms with Crippen LogP contribution in [0.15, 0.2) is 41.4 Å². The molecular weight excluding hydrogens is 603 g/mol. The number of likely N-dealkylation sites (tertiary alicyclic amines) is 1. The number of carbonyl (C=O) groups excluding carboxylic acids is 3. The van der Waals surface area contributed by atoms with Crippen LogP contribution in [0.2, 0.25) is 0 Å². The van der Waals surface area contributed by atoms with Crippen LogP contribution in [0.1, 0.15) is 55.4 Å². The molecule has 0 unspecified atom stereocenters. The lowest BCUT2D eigenvalue weighted by molar-refractivity contribution is -0.138. The molecule has 1 N–H and O–H groups in total. The van der Waals surface area contributed by atoms with Crippen LogP contribution >= 0.6 is 15.9 Å². The van der Waals surface area contributed by atoms with Crippen molar-refractivity contribution in [3.63, 3.8) is 0 Å². The molecule has 0 bridgehead atoms. The highest BCUT2D eigenvalue weighted by atomic mass is 79.9. The number of anilines is 1. The molecule has 2 fully saturated rings. The van der Waals surface area contributed by atoms with Crippen LogP contribution in [0.3, 0.4) is 0 Å².